The predicted molar refractivity (Wildman–Crippen MR) is 77.6 cm³/mol. The first kappa shape index (κ1) is 14.0. The normalized spacial score (nSPS) is 23.8. The molecule has 1 aromatic rings. The average Bonchev–Trinajstić information content (AvgIpc) is 2.69. The summed E-state index contributed by atoms with van der Waals surface area (Å²) >= 11 is 1.69. The molecular formula is C14H25N3S. The van der Waals surface area contributed by atoms with Crippen LogP contribution in [-0.2, 0) is 6.54 Å². The average molecular weight is 267 g/mol. The lowest BCUT2D eigenvalue weighted by Gasteiger charge is -2.18. The van der Waals surface area contributed by atoms with Gasteiger partial charge in [-0.1, -0.05) is 13.3 Å². The largest absolute Gasteiger partial charge is 0.322 e. The summed E-state index contributed by atoms with van der Waals surface area (Å²) in [6, 6.07) is 0.0670. The van der Waals surface area contributed by atoms with Gasteiger partial charge in [-0.05, 0) is 45.2 Å². The Labute approximate surface area is 114 Å². The smallest absolute Gasteiger partial charge is 0.109 e. The highest BCUT2D eigenvalue weighted by molar-refractivity contribution is 7.09. The molecule has 0 amide bonds. The van der Waals surface area contributed by atoms with Crippen LogP contribution in [0.5, 0.6) is 0 Å². The molecule has 2 unspecified atom stereocenters. The van der Waals surface area contributed by atoms with Crippen molar-refractivity contribution in [3.05, 3.63) is 16.1 Å². The van der Waals surface area contributed by atoms with E-state index in [1.54, 1.807) is 11.3 Å². The van der Waals surface area contributed by atoms with Crippen LogP contribution < -0.4 is 5.73 Å². The van der Waals surface area contributed by atoms with E-state index in [2.05, 4.69) is 22.2 Å². The first-order valence-corrected chi connectivity index (χ1v) is 7.99. The van der Waals surface area contributed by atoms with Gasteiger partial charge in [0.05, 0.1) is 11.7 Å². The van der Waals surface area contributed by atoms with Gasteiger partial charge < -0.3 is 5.73 Å². The Morgan fingerprint density at radius 2 is 2.33 bits per heavy atom. The van der Waals surface area contributed by atoms with Crippen molar-refractivity contribution in [2.45, 2.75) is 52.1 Å². The zero-order valence-corrected chi connectivity index (χ0v) is 12.4. The number of aromatic nitrogens is 1. The molecule has 2 N–H and O–H groups in total. The Hall–Kier alpha value is -0.450. The van der Waals surface area contributed by atoms with Gasteiger partial charge in [-0.25, -0.2) is 4.98 Å². The molecule has 1 fully saturated rings. The molecule has 102 valence electrons. The van der Waals surface area contributed by atoms with E-state index in [9.17, 15) is 0 Å². The van der Waals surface area contributed by atoms with Crippen molar-refractivity contribution in [2.75, 3.05) is 13.1 Å². The van der Waals surface area contributed by atoms with Gasteiger partial charge in [0.15, 0.2) is 0 Å². The lowest BCUT2D eigenvalue weighted by atomic mass is 9.98. The Kier molecular flexibility index (Phi) is 5.15. The molecule has 0 aliphatic carbocycles. The zero-order valence-electron chi connectivity index (χ0n) is 11.6. The Balaban J connectivity index is 1.88. The standard InChI is InChI=1S/C14H25N3S/c1-3-12-5-4-7-17(8-6-12)9-13-10-18-14(16-13)11(2)15/h10-12H,3-9,15H2,1-2H3. The van der Waals surface area contributed by atoms with Gasteiger partial charge in [-0.3, -0.25) is 4.90 Å². The highest BCUT2D eigenvalue weighted by Gasteiger charge is 2.16. The summed E-state index contributed by atoms with van der Waals surface area (Å²) in [6.07, 6.45) is 5.41. The third kappa shape index (κ3) is 3.77. The number of rotatable bonds is 4. The molecular weight excluding hydrogens is 242 g/mol. The molecule has 0 aromatic carbocycles. The lowest BCUT2D eigenvalue weighted by molar-refractivity contribution is 0.269. The molecule has 2 atom stereocenters. The third-order valence-electron chi connectivity index (χ3n) is 3.86. The van der Waals surface area contributed by atoms with Gasteiger partial charge in [0, 0.05) is 11.9 Å². The van der Waals surface area contributed by atoms with Crippen LogP contribution in [0.4, 0.5) is 0 Å². The van der Waals surface area contributed by atoms with Crippen LogP contribution in [0.1, 0.15) is 56.3 Å². The fourth-order valence-corrected chi connectivity index (χ4v) is 3.39. The summed E-state index contributed by atoms with van der Waals surface area (Å²) in [5, 5.41) is 3.23. The minimum Gasteiger partial charge on any atom is -0.322 e. The molecule has 18 heavy (non-hydrogen) atoms. The number of nitrogens with two attached hydrogens (primary N) is 1. The fraction of sp³-hybridized carbons (Fsp3) is 0.786. The van der Waals surface area contributed by atoms with Gasteiger partial charge in [0.2, 0.25) is 0 Å². The fourth-order valence-electron chi connectivity index (χ4n) is 2.62. The quantitative estimate of drug-likeness (QED) is 0.911. The molecule has 0 radical (unpaired) electrons. The topological polar surface area (TPSA) is 42.1 Å². The number of likely N-dealkylation sites (tertiary alicyclic amines) is 1. The predicted octanol–water partition coefficient (Wildman–Crippen LogP) is 3.17. The molecule has 0 saturated carbocycles. The Morgan fingerprint density at radius 3 is 3.00 bits per heavy atom. The summed E-state index contributed by atoms with van der Waals surface area (Å²) < 4.78 is 0. The highest BCUT2D eigenvalue weighted by atomic mass is 32.1. The van der Waals surface area contributed by atoms with E-state index in [0.717, 1.165) is 17.5 Å². The van der Waals surface area contributed by atoms with Crippen LogP contribution in [-0.4, -0.2) is 23.0 Å². The first-order valence-electron chi connectivity index (χ1n) is 7.11. The maximum Gasteiger partial charge on any atom is 0.109 e. The number of hydrogen-bond acceptors (Lipinski definition) is 4. The molecule has 0 bridgehead atoms. The first-order chi connectivity index (χ1) is 8.69. The molecule has 1 aliphatic rings. The highest BCUT2D eigenvalue weighted by Crippen LogP contribution is 2.22. The van der Waals surface area contributed by atoms with E-state index >= 15 is 0 Å². The second-order valence-corrected chi connectivity index (χ2v) is 6.34. The summed E-state index contributed by atoms with van der Waals surface area (Å²) in [7, 11) is 0. The maximum absolute atomic E-state index is 5.86. The molecule has 1 aromatic heterocycles. The number of nitrogens with zero attached hydrogens (tertiary/aromatic N) is 2. The van der Waals surface area contributed by atoms with Gasteiger partial charge >= 0.3 is 0 Å². The van der Waals surface area contributed by atoms with Gasteiger partial charge in [0.25, 0.3) is 0 Å². The van der Waals surface area contributed by atoms with E-state index in [0.29, 0.717) is 0 Å². The van der Waals surface area contributed by atoms with Crippen molar-refractivity contribution in [3.63, 3.8) is 0 Å². The summed E-state index contributed by atoms with van der Waals surface area (Å²) in [5.41, 5.74) is 7.05. The zero-order chi connectivity index (χ0) is 13.0. The van der Waals surface area contributed by atoms with Crippen LogP contribution in [0.15, 0.2) is 5.38 Å². The van der Waals surface area contributed by atoms with Crippen molar-refractivity contribution in [3.8, 4) is 0 Å². The van der Waals surface area contributed by atoms with Crippen molar-refractivity contribution in [2.24, 2.45) is 11.7 Å². The van der Waals surface area contributed by atoms with Crippen molar-refractivity contribution in [1.82, 2.24) is 9.88 Å². The lowest BCUT2D eigenvalue weighted by Crippen LogP contribution is -2.24. The van der Waals surface area contributed by atoms with Crippen molar-refractivity contribution >= 4 is 11.3 Å². The Morgan fingerprint density at radius 1 is 1.50 bits per heavy atom. The minimum absolute atomic E-state index is 0.0670. The minimum atomic E-state index is 0.0670. The van der Waals surface area contributed by atoms with Crippen LogP contribution >= 0.6 is 11.3 Å². The molecule has 1 saturated heterocycles. The molecule has 0 spiro atoms. The van der Waals surface area contributed by atoms with Gasteiger partial charge in [-0.2, -0.15) is 0 Å². The van der Waals surface area contributed by atoms with E-state index < -0.39 is 0 Å². The van der Waals surface area contributed by atoms with Crippen LogP contribution in [0.25, 0.3) is 0 Å². The summed E-state index contributed by atoms with van der Waals surface area (Å²) in [5.74, 6) is 0.935. The number of hydrogen-bond donors (Lipinski definition) is 1. The second kappa shape index (κ2) is 6.64. The molecule has 4 heteroatoms. The second-order valence-electron chi connectivity index (χ2n) is 5.45. The monoisotopic (exact) mass is 267 g/mol. The van der Waals surface area contributed by atoms with E-state index in [4.69, 9.17) is 5.73 Å². The Bertz CT molecular complexity index is 362. The third-order valence-corrected chi connectivity index (χ3v) is 4.96. The summed E-state index contributed by atoms with van der Waals surface area (Å²) in [4.78, 5) is 7.18. The van der Waals surface area contributed by atoms with Crippen molar-refractivity contribution < 1.29 is 0 Å². The van der Waals surface area contributed by atoms with Crippen LogP contribution in [0.3, 0.4) is 0 Å². The van der Waals surface area contributed by atoms with Crippen LogP contribution in [0, 0.1) is 5.92 Å². The molecule has 2 heterocycles. The van der Waals surface area contributed by atoms with E-state index in [1.165, 1.54) is 44.5 Å². The summed E-state index contributed by atoms with van der Waals surface area (Å²) in [6.45, 7) is 7.76. The number of thiazole rings is 1. The van der Waals surface area contributed by atoms with Crippen LogP contribution in [0.2, 0.25) is 0 Å². The molecule has 2 rings (SSSR count). The van der Waals surface area contributed by atoms with E-state index in [-0.39, 0.29) is 6.04 Å². The molecule has 1 aliphatic heterocycles. The maximum atomic E-state index is 5.86. The SMILES string of the molecule is CCC1CCCN(Cc2csc(C(C)N)n2)CC1. The van der Waals surface area contributed by atoms with Gasteiger partial charge in [0.1, 0.15) is 5.01 Å². The van der Waals surface area contributed by atoms with Crippen molar-refractivity contribution in [1.29, 1.82) is 0 Å². The molecule has 3 nitrogen and oxygen atoms in total. The van der Waals surface area contributed by atoms with Gasteiger partial charge in [-0.15, -0.1) is 11.3 Å². The van der Waals surface area contributed by atoms with E-state index in [1.807, 2.05) is 6.92 Å².